The van der Waals surface area contributed by atoms with Crippen LogP contribution in [0.5, 0.6) is 0 Å². The zero-order valence-electron chi connectivity index (χ0n) is 19.7. The smallest absolute Gasteiger partial charge is 0.317 e. The minimum absolute atomic E-state index is 0.207. The Morgan fingerprint density at radius 1 is 1.03 bits per heavy atom. The van der Waals surface area contributed by atoms with Crippen LogP contribution in [0.25, 0.3) is 11.0 Å². The van der Waals surface area contributed by atoms with E-state index in [4.69, 9.17) is 0 Å². The normalized spacial score (nSPS) is 24.8. The summed E-state index contributed by atoms with van der Waals surface area (Å²) in [6.07, 6.45) is 5.37. The number of benzene rings is 1. The fourth-order valence-electron chi connectivity index (χ4n) is 6.02. The molecule has 1 aromatic carbocycles. The Bertz CT molecular complexity index is 1120. The van der Waals surface area contributed by atoms with Gasteiger partial charge in [0.15, 0.2) is 0 Å². The van der Waals surface area contributed by atoms with E-state index in [2.05, 4.69) is 34.6 Å². The monoisotopic (exact) mass is 453 g/mol. The Morgan fingerprint density at radius 2 is 1.76 bits per heavy atom. The van der Waals surface area contributed by atoms with Crippen LogP contribution in [0.15, 0.2) is 23.0 Å². The molecular formula is C25H35N5O3. The number of hydrogen-bond acceptors (Lipinski definition) is 5. The van der Waals surface area contributed by atoms with Gasteiger partial charge in [-0.3, -0.25) is 24.0 Å². The summed E-state index contributed by atoms with van der Waals surface area (Å²) in [6, 6.07) is 5.61. The van der Waals surface area contributed by atoms with Crippen molar-refractivity contribution in [3.63, 3.8) is 0 Å². The summed E-state index contributed by atoms with van der Waals surface area (Å²) in [7, 11) is 1.76. The van der Waals surface area contributed by atoms with E-state index >= 15 is 0 Å². The molecule has 3 saturated heterocycles. The highest BCUT2D eigenvalue weighted by Crippen LogP contribution is 2.34. The number of nitrogens with zero attached hydrogens (tertiary/aromatic N) is 3. The summed E-state index contributed by atoms with van der Waals surface area (Å²) in [6.45, 7) is 8.10. The third kappa shape index (κ3) is 4.26. The van der Waals surface area contributed by atoms with Crippen LogP contribution in [0.2, 0.25) is 0 Å². The van der Waals surface area contributed by atoms with Crippen LogP contribution in [0.4, 0.5) is 0 Å². The fourth-order valence-corrected chi connectivity index (χ4v) is 6.02. The van der Waals surface area contributed by atoms with Crippen LogP contribution in [0, 0.1) is 5.41 Å². The number of amides is 2. The highest BCUT2D eigenvalue weighted by molar-refractivity contribution is 6.00. The molecule has 0 radical (unpaired) electrons. The molecule has 33 heavy (non-hydrogen) atoms. The first kappa shape index (κ1) is 22.3. The summed E-state index contributed by atoms with van der Waals surface area (Å²) in [5.74, 6) is -0.174. The number of likely N-dealkylation sites (tertiary alicyclic amines) is 1. The number of aromatic nitrogens is 2. The van der Waals surface area contributed by atoms with E-state index in [9.17, 15) is 14.4 Å². The van der Waals surface area contributed by atoms with Crippen LogP contribution in [-0.4, -0.2) is 58.6 Å². The average Bonchev–Trinajstić information content (AvgIpc) is 3.04. The number of fused-ring (bicyclic) bond motifs is 1. The van der Waals surface area contributed by atoms with E-state index in [1.165, 1.54) is 24.9 Å². The van der Waals surface area contributed by atoms with E-state index < -0.39 is 6.04 Å². The molecule has 0 bridgehead atoms. The van der Waals surface area contributed by atoms with Crippen LogP contribution in [-0.2, 0) is 16.6 Å². The lowest BCUT2D eigenvalue weighted by Gasteiger charge is -2.41. The topological polar surface area (TPSA) is 88.4 Å². The molecule has 1 aromatic heterocycles. The van der Waals surface area contributed by atoms with Crippen LogP contribution >= 0.6 is 0 Å². The Hall–Kier alpha value is -2.45. The summed E-state index contributed by atoms with van der Waals surface area (Å²) in [4.78, 5) is 39.6. The summed E-state index contributed by atoms with van der Waals surface area (Å²) in [5.41, 5.74) is 3.10. The minimum atomic E-state index is -0.635. The van der Waals surface area contributed by atoms with Crippen molar-refractivity contribution >= 4 is 22.8 Å². The number of aryl methyl sites for hydroxylation is 1. The van der Waals surface area contributed by atoms with Gasteiger partial charge in [0.1, 0.15) is 6.04 Å². The molecule has 8 heteroatoms. The Kier molecular flexibility index (Phi) is 5.91. The van der Waals surface area contributed by atoms with E-state index in [0.717, 1.165) is 50.1 Å². The molecule has 4 heterocycles. The molecule has 8 nitrogen and oxygen atoms in total. The Morgan fingerprint density at radius 3 is 2.45 bits per heavy atom. The van der Waals surface area contributed by atoms with Gasteiger partial charge < -0.3 is 10.2 Å². The van der Waals surface area contributed by atoms with Gasteiger partial charge in [-0.2, -0.15) is 0 Å². The zero-order chi connectivity index (χ0) is 23.2. The lowest BCUT2D eigenvalue weighted by molar-refractivity contribution is -0.135. The Labute approximate surface area is 194 Å². The number of piperidine rings is 3. The van der Waals surface area contributed by atoms with Crippen molar-refractivity contribution in [2.45, 2.75) is 57.4 Å². The maximum atomic E-state index is 13.0. The molecule has 3 fully saturated rings. The molecule has 5 rings (SSSR count). The molecule has 1 unspecified atom stereocenters. The van der Waals surface area contributed by atoms with Crippen molar-refractivity contribution in [1.82, 2.24) is 24.7 Å². The predicted octanol–water partition coefficient (Wildman–Crippen LogP) is 1.89. The third-order valence-corrected chi connectivity index (χ3v) is 8.11. The number of hydrogen-bond donors (Lipinski definition) is 2. The highest BCUT2D eigenvalue weighted by Gasteiger charge is 2.33. The van der Waals surface area contributed by atoms with Crippen molar-refractivity contribution in [2.75, 3.05) is 32.7 Å². The Balaban J connectivity index is 1.32. The van der Waals surface area contributed by atoms with Crippen molar-refractivity contribution in [3.8, 4) is 0 Å². The molecule has 2 amide bonds. The molecule has 0 spiro atoms. The zero-order valence-corrected chi connectivity index (χ0v) is 19.7. The molecule has 0 aliphatic carbocycles. The largest absolute Gasteiger partial charge is 0.329 e. The second-order valence-electron chi connectivity index (χ2n) is 10.5. The predicted molar refractivity (Wildman–Crippen MR) is 127 cm³/mol. The maximum absolute atomic E-state index is 13.0. The quantitative estimate of drug-likeness (QED) is 0.691. The van der Waals surface area contributed by atoms with Crippen molar-refractivity contribution in [1.29, 1.82) is 0 Å². The van der Waals surface area contributed by atoms with Crippen LogP contribution in [0.3, 0.4) is 0 Å². The van der Waals surface area contributed by atoms with Gasteiger partial charge in [-0.1, -0.05) is 13.0 Å². The van der Waals surface area contributed by atoms with Crippen LogP contribution in [0.1, 0.15) is 63.0 Å². The van der Waals surface area contributed by atoms with E-state index in [-0.39, 0.29) is 23.9 Å². The van der Waals surface area contributed by atoms with Crippen molar-refractivity contribution in [3.05, 3.63) is 34.2 Å². The summed E-state index contributed by atoms with van der Waals surface area (Å²) < 4.78 is 3.19. The highest BCUT2D eigenvalue weighted by atomic mass is 16.2. The van der Waals surface area contributed by atoms with Crippen molar-refractivity contribution < 1.29 is 9.59 Å². The molecule has 178 valence electrons. The number of nitrogens with one attached hydrogen (secondary N) is 2. The number of rotatable bonds is 4. The first-order chi connectivity index (χ1) is 15.8. The van der Waals surface area contributed by atoms with Gasteiger partial charge in [0, 0.05) is 20.0 Å². The maximum Gasteiger partial charge on any atom is 0.329 e. The van der Waals surface area contributed by atoms with Gasteiger partial charge in [-0.15, -0.1) is 0 Å². The molecule has 2 N–H and O–H groups in total. The molecule has 0 saturated carbocycles. The van der Waals surface area contributed by atoms with Gasteiger partial charge in [0.2, 0.25) is 11.8 Å². The van der Waals surface area contributed by atoms with Gasteiger partial charge in [-0.25, -0.2) is 4.79 Å². The standard InChI is InChI=1S/C25H35N5O3/c1-25(9-11-26-12-10-25)16-29-13-7-17(8-14-29)18-3-4-19-21(15-18)28(2)24(33)30(19)20-5-6-22(31)27-23(20)32/h3-4,15,17,20,26H,5-14,16H2,1-2H3,(H,27,31,32). The number of imide groups is 1. The SMILES string of the molecule is Cn1c(=O)n(C2CCC(=O)NC2=O)c2ccc(C3CCN(CC4(C)CCNCC4)CC3)cc21. The summed E-state index contributed by atoms with van der Waals surface area (Å²) >= 11 is 0. The van der Waals surface area contributed by atoms with Gasteiger partial charge in [0.25, 0.3) is 0 Å². The number of carbonyl (C=O) groups is 2. The molecule has 3 aliphatic heterocycles. The third-order valence-electron chi connectivity index (χ3n) is 8.11. The number of carbonyl (C=O) groups excluding carboxylic acids is 2. The van der Waals surface area contributed by atoms with Crippen LogP contribution < -0.4 is 16.3 Å². The summed E-state index contributed by atoms with van der Waals surface area (Å²) in [5, 5.41) is 5.85. The van der Waals surface area contributed by atoms with E-state index in [1.807, 2.05) is 6.07 Å². The van der Waals surface area contributed by atoms with Gasteiger partial charge in [0.05, 0.1) is 11.0 Å². The van der Waals surface area contributed by atoms with Gasteiger partial charge in [-0.05, 0) is 87.3 Å². The lowest BCUT2D eigenvalue weighted by atomic mass is 9.79. The lowest BCUT2D eigenvalue weighted by Crippen LogP contribution is -2.45. The van der Waals surface area contributed by atoms with E-state index in [1.54, 1.807) is 16.2 Å². The minimum Gasteiger partial charge on any atom is -0.317 e. The number of imidazole rings is 1. The second-order valence-corrected chi connectivity index (χ2v) is 10.5. The average molecular weight is 454 g/mol. The first-order valence-corrected chi connectivity index (χ1v) is 12.3. The molecular weight excluding hydrogens is 418 g/mol. The molecule has 3 aliphatic rings. The molecule has 2 aromatic rings. The molecule has 1 atom stereocenters. The van der Waals surface area contributed by atoms with E-state index in [0.29, 0.717) is 17.8 Å². The second kappa shape index (κ2) is 8.72. The fraction of sp³-hybridized carbons (Fsp3) is 0.640. The van der Waals surface area contributed by atoms with Crippen molar-refractivity contribution in [2.24, 2.45) is 12.5 Å². The van der Waals surface area contributed by atoms with Gasteiger partial charge >= 0.3 is 5.69 Å². The first-order valence-electron chi connectivity index (χ1n) is 12.3.